The van der Waals surface area contributed by atoms with E-state index in [1.807, 2.05) is 0 Å². The van der Waals surface area contributed by atoms with E-state index in [9.17, 15) is 24.2 Å². The van der Waals surface area contributed by atoms with Gasteiger partial charge in [-0.15, -0.1) is 0 Å². The highest BCUT2D eigenvalue weighted by Crippen LogP contribution is 2.45. The average molecular weight is 436 g/mol. The van der Waals surface area contributed by atoms with Gasteiger partial charge in [-0.3, -0.25) is 4.79 Å². The van der Waals surface area contributed by atoms with Crippen molar-refractivity contribution in [2.45, 2.75) is 58.0 Å². The van der Waals surface area contributed by atoms with Gasteiger partial charge in [0.05, 0.1) is 35.1 Å². The van der Waals surface area contributed by atoms with Crippen LogP contribution in [-0.4, -0.2) is 25.7 Å². The molecule has 2 N–H and O–H groups in total. The van der Waals surface area contributed by atoms with Crippen molar-refractivity contribution in [1.82, 2.24) is 9.55 Å². The number of carbonyl (C=O) groups is 1. The number of halogens is 1. The van der Waals surface area contributed by atoms with E-state index in [0.29, 0.717) is 40.9 Å². The second kappa shape index (κ2) is 6.24. The summed E-state index contributed by atoms with van der Waals surface area (Å²) in [5, 5.41) is 22.7. The van der Waals surface area contributed by atoms with Crippen LogP contribution in [0, 0.1) is 12.7 Å². The van der Waals surface area contributed by atoms with Gasteiger partial charge in [0.15, 0.2) is 5.60 Å². The van der Waals surface area contributed by atoms with Crippen molar-refractivity contribution in [1.29, 1.82) is 0 Å². The van der Waals surface area contributed by atoms with Crippen molar-refractivity contribution >= 4 is 16.9 Å². The minimum absolute atomic E-state index is 0.0531. The number of hydrogen-bond acceptors (Lipinski definition) is 6. The summed E-state index contributed by atoms with van der Waals surface area (Å²) in [6.45, 7) is 3.38. The van der Waals surface area contributed by atoms with E-state index in [1.54, 1.807) is 19.9 Å². The zero-order valence-electron chi connectivity index (χ0n) is 17.7. The normalized spacial score (nSPS) is 23.0. The molecule has 0 unspecified atom stereocenters. The van der Waals surface area contributed by atoms with Gasteiger partial charge in [0.25, 0.3) is 5.56 Å². The number of benzene rings is 1. The van der Waals surface area contributed by atoms with Gasteiger partial charge in [-0.25, -0.2) is 14.2 Å². The molecule has 3 aliphatic rings. The van der Waals surface area contributed by atoms with Crippen LogP contribution in [-0.2, 0) is 34.7 Å². The summed E-state index contributed by atoms with van der Waals surface area (Å²) in [5.74, 6) is -1.14. The number of aliphatic hydroxyl groups excluding tert-OH is 1. The highest BCUT2D eigenvalue weighted by molar-refractivity contribution is 5.93. The van der Waals surface area contributed by atoms with Crippen molar-refractivity contribution < 1.29 is 24.1 Å². The molecule has 164 valence electrons. The summed E-state index contributed by atoms with van der Waals surface area (Å²) in [5.41, 5.74) is 2.36. The zero-order chi connectivity index (χ0) is 22.5. The lowest BCUT2D eigenvalue weighted by Gasteiger charge is -2.31. The molecule has 0 spiro atoms. The number of aliphatic hydroxyl groups is 2. The largest absolute Gasteiger partial charge is 0.458 e. The van der Waals surface area contributed by atoms with Crippen LogP contribution in [0.2, 0.25) is 0 Å². The van der Waals surface area contributed by atoms with Crippen LogP contribution in [0.4, 0.5) is 4.39 Å². The average Bonchev–Trinajstić information content (AvgIpc) is 3.14. The van der Waals surface area contributed by atoms with Crippen molar-refractivity contribution in [2.24, 2.45) is 0 Å². The zero-order valence-corrected chi connectivity index (χ0v) is 17.7. The van der Waals surface area contributed by atoms with Crippen LogP contribution in [0.15, 0.2) is 16.9 Å². The molecule has 2 aliphatic heterocycles. The van der Waals surface area contributed by atoms with Crippen molar-refractivity contribution in [3.8, 4) is 11.4 Å². The first-order chi connectivity index (χ1) is 15.3. The Morgan fingerprint density at radius 2 is 2.06 bits per heavy atom. The maximum Gasteiger partial charge on any atom is 0.343 e. The standard InChI is InChI=1S/C24H21FN2O5/c1-3-24(31)14-6-17-21-12(8-27(17)22(29)13(14)9-32-23(24)30)20-18(28)5-4-11-10(2)15(25)7-16(26-21)19(11)20/h6-7,18,28,31H,3-5,8-9H2,1-2H3/t18-,24-/m0/s1. The molecule has 0 radical (unpaired) electrons. The second-order valence-corrected chi connectivity index (χ2v) is 8.87. The number of fused-ring (bicyclic) bond motifs is 5. The smallest absolute Gasteiger partial charge is 0.343 e. The highest BCUT2D eigenvalue weighted by Gasteiger charge is 2.45. The lowest BCUT2D eigenvalue weighted by Crippen LogP contribution is -2.44. The molecular weight excluding hydrogens is 415 g/mol. The Labute approximate surface area is 182 Å². The predicted octanol–water partition coefficient (Wildman–Crippen LogP) is 2.51. The van der Waals surface area contributed by atoms with E-state index in [1.165, 1.54) is 10.6 Å². The molecule has 2 aromatic heterocycles. The monoisotopic (exact) mass is 436 g/mol. The van der Waals surface area contributed by atoms with Gasteiger partial charge >= 0.3 is 5.97 Å². The lowest BCUT2D eigenvalue weighted by molar-refractivity contribution is -0.172. The quantitative estimate of drug-likeness (QED) is 0.445. The van der Waals surface area contributed by atoms with Gasteiger partial charge in [0.2, 0.25) is 0 Å². The Hall–Kier alpha value is -3.10. The number of esters is 1. The Kier molecular flexibility index (Phi) is 3.81. The number of cyclic esters (lactones) is 1. The van der Waals surface area contributed by atoms with Crippen molar-refractivity contribution in [2.75, 3.05) is 0 Å². The summed E-state index contributed by atoms with van der Waals surface area (Å²) in [4.78, 5) is 30.4. The molecule has 4 heterocycles. The van der Waals surface area contributed by atoms with Crippen LogP contribution in [0.3, 0.4) is 0 Å². The Morgan fingerprint density at radius 1 is 1.28 bits per heavy atom. The molecule has 3 aromatic rings. The van der Waals surface area contributed by atoms with Gasteiger partial charge in [-0.1, -0.05) is 6.92 Å². The number of aryl methyl sites for hydroxylation is 1. The molecule has 0 saturated carbocycles. The fourth-order valence-corrected chi connectivity index (χ4v) is 5.53. The lowest BCUT2D eigenvalue weighted by atomic mass is 9.83. The molecule has 0 saturated heterocycles. The fraction of sp³-hybridized carbons (Fsp3) is 0.375. The van der Waals surface area contributed by atoms with Gasteiger partial charge in [-0.2, -0.15) is 0 Å². The van der Waals surface area contributed by atoms with E-state index in [-0.39, 0.29) is 42.1 Å². The summed E-state index contributed by atoms with van der Waals surface area (Å²) in [7, 11) is 0. The van der Waals surface area contributed by atoms with Gasteiger partial charge < -0.3 is 19.5 Å². The number of ether oxygens (including phenoxy) is 1. The number of pyridine rings is 2. The molecular formula is C24H21FN2O5. The third-order valence-electron chi connectivity index (χ3n) is 7.35. The summed E-state index contributed by atoms with van der Waals surface area (Å²) in [6.07, 6.45) is 0.322. The van der Waals surface area contributed by atoms with Crippen molar-refractivity contribution in [3.05, 3.63) is 61.7 Å². The number of rotatable bonds is 1. The first kappa shape index (κ1) is 19.6. The van der Waals surface area contributed by atoms with Crippen molar-refractivity contribution in [3.63, 3.8) is 0 Å². The van der Waals surface area contributed by atoms with E-state index in [2.05, 4.69) is 0 Å². The van der Waals surface area contributed by atoms with Crippen LogP contribution < -0.4 is 5.56 Å². The Bertz CT molecular complexity index is 1440. The Morgan fingerprint density at radius 3 is 2.81 bits per heavy atom. The molecule has 0 bridgehead atoms. The third-order valence-corrected chi connectivity index (χ3v) is 7.35. The molecule has 0 amide bonds. The molecule has 7 nitrogen and oxygen atoms in total. The maximum atomic E-state index is 14.6. The number of nitrogens with zero attached hydrogens (tertiary/aromatic N) is 2. The van der Waals surface area contributed by atoms with Gasteiger partial charge in [-0.05, 0) is 48.9 Å². The predicted molar refractivity (Wildman–Crippen MR) is 113 cm³/mol. The topological polar surface area (TPSA) is 102 Å². The number of carbonyl (C=O) groups excluding carboxylic acids is 1. The maximum absolute atomic E-state index is 14.6. The molecule has 6 rings (SSSR count). The molecule has 0 fully saturated rings. The molecule has 1 aliphatic carbocycles. The van der Waals surface area contributed by atoms with Crippen LogP contribution in [0.25, 0.3) is 22.3 Å². The minimum Gasteiger partial charge on any atom is -0.458 e. The third kappa shape index (κ3) is 2.23. The molecule has 2 atom stereocenters. The van der Waals surface area contributed by atoms with E-state index >= 15 is 0 Å². The fourth-order valence-electron chi connectivity index (χ4n) is 5.53. The molecule has 1 aromatic carbocycles. The minimum atomic E-state index is -1.91. The van der Waals surface area contributed by atoms with Gasteiger partial charge in [0.1, 0.15) is 12.4 Å². The van der Waals surface area contributed by atoms with E-state index in [0.717, 1.165) is 16.5 Å². The second-order valence-electron chi connectivity index (χ2n) is 8.87. The van der Waals surface area contributed by atoms with E-state index in [4.69, 9.17) is 9.72 Å². The van der Waals surface area contributed by atoms with Crippen LogP contribution in [0.5, 0.6) is 0 Å². The summed E-state index contributed by atoms with van der Waals surface area (Å²) >= 11 is 0. The number of hydrogen-bond donors (Lipinski definition) is 2. The molecule has 8 heteroatoms. The summed E-state index contributed by atoms with van der Waals surface area (Å²) < 4.78 is 21.3. The Balaban J connectivity index is 1.70. The molecule has 32 heavy (non-hydrogen) atoms. The SMILES string of the molecule is CC[C@@]1(O)C(=O)OCc2c1cc1n(c2=O)Cc2c-1nc1cc(F)c(C)c3c1c2[C@@H](O)CC3. The van der Waals surface area contributed by atoms with Crippen LogP contribution in [0.1, 0.15) is 59.3 Å². The van der Waals surface area contributed by atoms with E-state index < -0.39 is 17.7 Å². The van der Waals surface area contributed by atoms with Gasteiger partial charge in [0, 0.05) is 22.6 Å². The summed E-state index contributed by atoms with van der Waals surface area (Å²) in [6, 6.07) is 2.99. The van der Waals surface area contributed by atoms with Crippen LogP contribution >= 0.6 is 0 Å². The highest BCUT2D eigenvalue weighted by atomic mass is 19.1. The number of aromatic nitrogens is 2. The first-order valence-corrected chi connectivity index (χ1v) is 10.8. The first-order valence-electron chi connectivity index (χ1n) is 10.8.